The molecule has 1 aromatic rings. The molecule has 0 saturated carbocycles. The Hall–Kier alpha value is -1.91. The molecular formula is C12H12O5. The molecule has 0 N–H and O–H groups in total. The van der Waals surface area contributed by atoms with Crippen LogP contribution in [-0.2, 0) is 11.2 Å². The monoisotopic (exact) mass is 236 g/mol. The Morgan fingerprint density at radius 2 is 2.12 bits per heavy atom. The average molecular weight is 236 g/mol. The van der Waals surface area contributed by atoms with Crippen LogP contribution in [0.1, 0.15) is 39.8 Å². The van der Waals surface area contributed by atoms with E-state index in [1.54, 1.807) is 0 Å². The van der Waals surface area contributed by atoms with E-state index in [1.165, 1.54) is 13.2 Å². The average Bonchev–Trinajstić information content (AvgIpc) is 2.27. The summed E-state index contributed by atoms with van der Waals surface area (Å²) in [6.07, 6.45) is 0.944. The van der Waals surface area contributed by atoms with Gasteiger partial charge >= 0.3 is 11.6 Å². The molecule has 0 fully saturated rings. The SMILES string of the molecule is COC(=O)c1cc2c(oc1=O)CC(C)CC2=O. The van der Waals surface area contributed by atoms with E-state index in [-0.39, 0.29) is 17.3 Å². The number of hydrogen-bond acceptors (Lipinski definition) is 5. The molecule has 1 aliphatic carbocycles. The Morgan fingerprint density at radius 1 is 1.41 bits per heavy atom. The Kier molecular flexibility index (Phi) is 2.83. The van der Waals surface area contributed by atoms with Crippen molar-refractivity contribution in [3.63, 3.8) is 0 Å². The number of carbonyl (C=O) groups is 2. The van der Waals surface area contributed by atoms with Crippen molar-refractivity contribution in [1.82, 2.24) is 0 Å². The van der Waals surface area contributed by atoms with Gasteiger partial charge < -0.3 is 9.15 Å². The normalized spacial score (nSPS) is 18.7. The van der Waals surface area contributed by atoms with Crippen LogP contribution in [0.4, 0.5) is 0 Å². The molecule has 0 aromatic carbocycles. The molecule has 5 nitrogen and oxygen atoms in total. The summed E-state index contributed by atoms with van der Waals surface area (Å²) in [6, 6.07) is 1.28. The quantitative estimate of drug-likeness (QED) is 0.685. The number of methoxy groups -OCH3 is 1. The molecule has 0 amide bonds. The molecule has 1 aromatic heterocycles. The van der Waals surface area contributed by atoms with Crippen molar-refractivity contribution in [2.45, 2.75) is 19.8 Å². The maximum Gasteiger partial charge on any atom is 0.350 e. The van der Waals surface area contributed by atoms with Gasteiger partial charge in [0.2, 0.25) is 0 Å². The second-order valence-corrected chi connectivity index (χ2v) is 4.21. The first-order valence-corrected chi connectivity index (χ1v) is 5.31. The van der Waals surface area contributed by atoms with Crippen LogP contribution in [-0.4, -0.2) is 18.9 Å². The Balaban J connectivity index is 2.56. The smallest absolute Gasteiger partial charge is 0.350 e. The number of fused-ring (bicyclic) bond motifs is 1. The fourth-order valence-electron chi connectivity index (χ4n) is 1.96. The molecule has 1 heterocycles. The zero-order chi connectivity index (χ0) is 12.6. The summed E-state index contributed by atoms with van der Waals surface area (Å²) >= 11 is 0. The van der Waals surface area contributed by atoms with Crippen LogP contribution >= 0.6 is 0 Å². The lowest BCUT2D eigenvalue weighted by Gasteiger charge is -2.18. The van der Waals surface area contributed by atoms with E-state index >= 15 is 0 Å². The molecule has 1 atom stereocenters. The number of ether oxygens (including phenoxy) is 1. The molecule has 2 rings (SSSR count). The van der Waals surface area contributed by atoms with Crippen molar-refractivity contribution >= 4 is 11.8 Å². The van der Waals surface area contributed by atoms with Crippen molar-refractivity contribution in [2.24, 2.45) is 5.92 Å². The number of hydrogen-bond donors (Lipinski definition) is 0. The van der Waals surface area contributed by atoms with Gasteiger partial charge in [0, 0.05) is 12.8 Å². The predicted octanol–water partition coefficient (Wildman–Crippen LogP) is 1.19. The highest BCUT2D eigenvalue weighted by Gasteiger charge is 2.27. The largest absolute Gasteiger partial charge is 0.465 e. The third-order valence-electron chi connectivity index (χ3n) is 2.80. The fourth-order valence-corrected chi connectivity index (χ4v) is 1.96. The van der Waals surface area contributed by atoms with E-state index in [0.717, 1.165) is 0 Å². The first-order valence-electron chi connectivity index (χ1n) is 5.31. The highest BCUT2D eigenvalue weighted by atomic mass is 16.5. The first kappa shape index (κ1) is 11.6. The predicted molar refractivity (Wildman–Crippen MR) is 58.1 cm³/mol. The van der Waals surface area contributed by atoms with Crippen LogP contribution in [0.3, 0.4) is 0 Å². The fraction of sp³-hybridized carbons (Fsp3) is 0.417. The van der Waals surface area contributed by atoms with Gasteiger partial charge in [0.25, 0.3) is 0 Å². The molecule has 5 heteroatoms. The minimum Gasteiger partial charge on any atom is -0.465 e. The molecule has 0 radical (unpaired) electrons. The van der Waals surface area contributed by atoms with Gasteiger partial charge in [-0.3, -0.25) is 4.79 Å². The van der Waals surface area contributed by atoms with E-state index in [9.17, 15) is 14.4 Å². The van der Waals surface area contributed by atoms with Gasteiger partial charge in [0.15, 0.2) is 5.78 Å². The molecule has 0 aliphatic heterocycles. The number of ketones is 1. The van der Waals surface area contributed by atoms with Crippen molar-refractivity contribution in [3.8, 4) is 0 Å². The molecule has 1 unspecified atom stereocenters. The van der Waals surface area contributed by atoms with Crippen LogP contribution < -0.4 is 5.63 Å². The minimum atomic E-state index is -0.784. The summed E-state index contributed by atoms with van der Waals surface area (Å²) in [6.45, 7) is 1.91. The molecule has 17 heavy (non-hydrogen) atoms. The summed E-state index contributed by atoms with van der Waals surface area (Å²) in [4.78, 5) is 34.6. The summed E-state index contributed by atoms with van der Waals surface area (Å²) < 4.78 is 9.47. The second kappa shape index (κ2) is 4.16. The van der Waals surface area contributed by atoms with E-state index in [4.69, 9.17) is 4.42 Å². The number of esters is 1. The van der Waals surface area contributed by atoms with Crippen LogP contribution in [0, 0.1) is 5.92 Å². The lowest BCUT2D eigenvalue weighted by atomic mass is 9.87. The highest BCUT2D eigenvalue weighted by molar-refractivity contribution is 6.00. The Morgan fingerprint density at radius 3 is 2.76 bits per heavy atom. The second-order valence-electron chi connectivity index (χ2n) is 4.21. The van der Waals surface area contributed by atoms with Crippen LogP contribution in [0.2, 0.25) is 0 Å². The van der Waals surface area contributed by atoms with Gasteiger partial charge in [-0.15, -0.1) is 0 Å². The van der Waals surface area contributed by atoms with E-state index < -0.39 is 11.6 Å². The Labute approximate surface area is 97.4 Å². The standard InChI is InChI=1S/C12H12O5/c1-6-3-9(13)7-5-8(11(14)16-2)12(15)17-10(7)4-6/h5-6H,3-4H2,1-2H3. The summed E-state index contributed by atoms with van der Waals surface area (Å²) in [5, 5.41) is 0. The van der Waals surface area contributed by atoms with Gasteiger partial charge in [0.05, 0.1) is 12.7 Å². The van der Waals surface area contributed by atoms with Gasteiger partial charge in [-0.1, -0.05) is 6.92 Å². The number of carbonyl (C=O) groups excluding carboxylic acids is 2. The zero-order valence-electron chi connectivity index (χ0n) is 9.61. The summed E-state index contributed by atoms with van der Waals surface area (Å²) in [5.74, 6) is -0.367. The van der Waals surface area contributed by atoms with Crippen molar-refractivity contribution in [1.29, 1.82) is 0 Å². The molecule has 0 saturated heterocycles. The lowest BCUT2D eigenvalue weighted by molar-refractivity contribution is 0.0595. The maximum absolute atomic E-state index is 11.8. The van der Waals surface area contributed by atoms with Crippen molar-refractivity contribution in [3.05, 3.63) is 33.4 Å². The minimum absolute atomic E-state index is 0.104. The highest BCUT2D eigenvalue weighted by Crippen LogP contribution is 2.24. The molecule has 0 spiro atoms. The maximum atomic E-state index is 11.8. The molecule has 0 bridgehead atoms. The summed E-state index contributed by atoms with van der Waals surface area (Å²) in [5.41, 5.74) is -0.658. The van der Waals surface area contributed by atoms with Crippen LogP contribution in [0.15, 0.2) is 15.3 Å². The lowest BCUT2D eigenvalue weighted by Crippen LogP contribution is -2.24. The van der Waals surface area contributed by atoms with Crippen LogP contribution in [0.25, 0.3) is 0 Å². The number of rotatable bonds is 1. The summed E-state index contributed by atoms with van der Waals surface area (Å²) in [7, 11) is 1.17. The zero-order valence-corrected chi connectivity index (χ0v) is 9.61. The first-order chi connectivity index (χ1) is 8.02. The molecular weight excluding hydrogens is 224 g/mol. The molecule has 1 aliphatic rings. The third-order valence-corrected chi connectivity index (χ3v) is 2.80. The van der Waals surface area contributed by atoms with E-state index in [1.807, 2.05) is 6.92 Å². The number of Topliss-reactive ketones (excluding diaryl/α,β-unsaturated/α-hetero) is 1. The van der Waals surface area contributed by atoms with Crippen LogP contribution in [0.5, 0.6) is 0 Å². The third kappa shape index (κ3) is 2.00. The Bertz CT molecular complexity index is 540. The van der Waals surface area contributed by atoms with E-state index in [2.05, 4.69) is 4.74 Å². The van der Waals surface area contributed by atoms with Crippen molar-refractivity contribution in [2.75, 3.05) is 7.11 Å². The van der Waals surface area contributed by atoms with Gasteiger partial charge in [-0.05, 0) is 12.0 Å². The van der Waals surface area contributed by atoms with Gasteiger partial charge in [-0.2, -0.15) is 0 Å². The van der Waals surface area contributed by atoms with Gasteiger partial charge in [0.1, 0.15) is 11.3 Å². The molecule has 90 valence electrons. The van der Waals surface area contributed by atoms with E-state index in [0.29, 0.717) is 24.2 Å². The topological polar surface area (TPSA) is 73.6 Å². The van der Waals surface area contributed by atoms with Crippen molar-refractivity contribution < 1.29 is 18.7 Å². The van der Waals surface area contributed by atoms with Gasteiger partial charge in [-0.25, -0.2) is 9.59 Å².